The molecule has 4 heteroatoms. The number of nitrogens with zero attached hydrogens (tertiary/aromatic N) is 3. The third-order valence-electron chi connectivity index (χ3n) is 2.97. The first-order valence-electron chi connectivity index (χ1n) is 5.84. The highest BCUT2D eigenvalue weighted by Crippen LogP contribution is 2.17. The molecular formula is C14H17N3O. The van der Waals surface area contributed by atoms with E-state index in [0.717, 1.165) is 11.4 Å². The molecule has 1 heterocycles. The maximum atomic E-state index is 12.3. The third-order valence-corrected chi connectivity index (χ3v) is 2.97. The number of benzene rings is 1. The van der Waals surface area contributed by atoms with Crippen molar-refractivity contribution in [2.24, 2.45) is 7.05 Å². The van der Waals surface area contributed by atoms with Crippen LogP contribution in [0.3, 0.4) is 0 Å². The zero-order valence-corrected chi connectivity index (χ0v) is 11.1. The standard InChI is InChI=1S/C14H17N3O/c1-10-5-7-12(8-6-10)17(4)14(18)13-9-16(3)15-11(13)2/h5-9H,1-4H3. The SMILES string of the molecule is Cc1ccc(N(C)C(=O)c2cn(C)nc2C)cc1. The fourth-order valence-corrected chi connectivity index (χ4v) is 1.88. The third kappa shape index (κ3) is 2.27. The summed E-state index contributed by atoms with van der Waals surface area (Å²) < 4.78 is 1.66. The van der Waals surface area contributed by atoms with E-state index in [0.29, 0.717) is 5.56 Å². The van der Waals surface area contributed by atoms with Gasteiger partial charge in [-0.15, -0.1) is 0 Å². The van der Waals surface area contributed by atoms with Gasteiger partial charge in [0.15, 0.2) is 0 Å². The van der Waals surface area contributed by atoms with Crippen molar-refractivity contribution in [3.05, 3.63) is 47.3 Å². The van der Waals surface area contributed by atoms with Gasteiger partial charge in [-0.3, -0.25) is 9.48 Å². The van der Waals surface area contributed by atoms with Crippen molar-refractivity contribution < 1.29 is 4.79 Å². The Hall–Kier alpha value is -2.10. The molecule has 94 valence electrons. The molecule has 2 rings (SSSR count). The lowest BCUT2D eigenvalue weighted by Gasteiger charge is -2.17. The summed E-state index contributed by atoms with van der Waals surface area (Å²) in [5, 5.41) is 4.19. The van der Waals surface area contributed by atoms with E-state index in [1.165, 1.54) is 5.56 Å². The van der Waals surface area contributed by atoms with Crippen molar-refractivity contribution in [3.63, 3.8) is 0 Å². The Bertz CT molecular complexity index is 569. The molecular weight excluding hydrogens is 226 g/mol. The van der Waals surface area contributed by atoms with Crippen LogP contribution in [-0.4, -0.2) is 22.7 Å². The molecule has 1 aromatic heterocycles. The Labute approximate surface area is 107 Å². The van der Waals surface area contributed by atoms with Crippen LogP contribution in [-0.2, 0) is 7.05 Å². The summed E-state index contributed by atoms with van der Waals surface area (Å²) >= 11 is 0. The molecule has 0 aliphatic heterocycles. The lowest BCUT2D eigenvalue weighted by atomic mass is 10.2. The summed E-state index contributed by atoms with van der Waals surface area (Å²) in [6.45, 7) is 3.87. The number of aromatic nitrogens is 2. The number of anilines is 1. The number of carbonyl (C=O) groups excluding carboxylic acids is 1. The van der Waals surface area contributed by atoms with Gasteiger partial charge in [0, 0.05) is 26.0 Å². The Balaban J connectivity index is 2.29. The number of hydrogen-bond acceptors (Lipinski definition) is 2. The fraction of sp³-hybridized carbons (Fsp3) is 0.286. The van der Waals surface area contributed by atoms with Crippen LogP contribution in [0.25, 0.3) is 0 Å². The van der Waals surface area contributed by atoms with Crippen LogP contribution in [0, 0.1) is 13.8 Å². The molecule has 0 atom stereocenters. The van der Waals surface area contributed by atoms with Gasteiger partial charge in [-0.1, -0.05) is 17.7 Å². The van der Waals surface area contributed by atoms with Crippen molar-refractivity contribution in [3.8, 4) is 0 Å². The molecule has 0 aliphatic carbocycles. The lowest BCUT2D eigenvalue weighted by molar-refractivity contribution is 0.0992. The van der Waals surface area contributed by atoms with Gasteiger partial charge < -0.3 is 4.90 Å². The van der Waals surface area contributed by atoms with Crippen LogP contribution < -0.4 is 4.90 Å². The summed E-state index contributed by atoms with van der Waals surface area (Å²) in [6.07, 6.45) is 1.75. The second-order valence-corrected chi connectivity index (χ2v) is 4.50. The van der Waals surface area contributed by atoms with Gasteiger partial charge in [0.1, 0.15) is 0 Å². The monoisotopic (exact) mass is 243 g/mol. The first kappa shape index (κ1) is 12.4. The van der Waals surface area contributed by atoms with E-state index in [4.69, 9.17) is 0 Å². The summed E-state index contributed by atoms with van der Waals surface area (Å²) in [6, 6.07) is 7.88. The van der Waals surface area contributed by atoms with Crippen LogP contribution >= 0.6 is 0 Å². The normalized spacial score (nSPS) is 10.4. The minimum atomic E-state index is -0.0375. The molecule has 0 unspecified atom stereocenters. The number of rotatable bonds is 2. The molecule has 1 amide bonds. The first-order valence-corrected chi connectivity index (χ1v) is 5.84. The van der Waals surface area contributed by atoms with Gasteiger partial charge >= 0.3 is 0 Å². The Morgan fingerprint density at radius 3 is 2.33 bits per heavy atom. The molecule has 0 saturated carbocycles. The largest absolute Gasteiger partial charge is 0.311 e. The van der Waals surface area contributed by atoms with Crippen LogP contribution in [0.1, 0.15) is 21.6 Å². The second kappa shape index (κ2) is 4.64. The van der Waals surface area contributed by atoms with E-state index >= 15 is 0 Å². The van der Waals surface area contributed by atoms with E-state index in [-0.39, 0.29) is 5.91 Å². The summed E-state index contributed by atoms with van der Waals surface area (Å²) in [5.74, 6) is -0.0375. The molecule has 2 aromatic rings. The van der Waals surface area contributed by atoms with E-state index in [1.54, 1.807) is 22.8 Å². The molecule has 0 spiro atoms. The van der Waals surface area contributed by atoms with Crippen molar-refractivity contribution >= 4 is 11.6 Å². The number of carbonyl (C=O) groups is 1. The van der Waals surface area contributed by atoms with Crippen LogP contribution in [0.4, 0.5) is 5.69 Å². The number of amides is 1. The van der Waals surface area contributed by atoms with Gasteiger partial charge in [0.2, 0.25) is 0 Å². The van der Waals surface area contributed by atoms with E-state index in [1.807, 2.05) is 45.2 Å². The molecule has 0 saturated heterocycles. The Morgan fingerprint density at radius 2 is 1.83 bits per heavy atom. The summed E-state index contributed by atoms with van der Waals surface area (Å²) in [4.78, 5) is 14.0. The van der Waals surface area contributed by atoms with Gasteiger partial charge in [-0.05, 0) is 26.0 Å². The molecule has 1 aromatic carbocycles. The van der Waals surface area contributed by atoms with E-state index in [2.05, 4.69) is 5.10 Å². The second-order valence-electron chi connectivity index (χ2n) is 4.50. The molecule has 0 fully saturated rings. The maximum absolute atomic E-state index is 12.3. The topological polar surface area (TPSA) is 38.1 Å². The Kier molecular flexibility index (Phi) is 3.19. The maximum Gasteiger partial charge on any atom is 0.261 e. The zero-order chi connectivity index (χ0) is 13.3. The van der Waals surface area contributed by atoms with Gasteiger partial charge in [0.25, 0.3) is 5.91 Å². The minimum Gasteiger partial charge on any atom is -0.311 e. The van der Waals surface area contributed by atoms with Gasteiger partial charge in [-0.2, -0.15) is 5.10 Å². The van der Waals surface area contributed by atoms with Crippen molar-refractivity contribution in [2.75, 3.05) is 11.9 Å². The smallest absolute Gasteiger partial charge is 0.261 e. The molecule has 0 N–H and O–H groups in total. The van der Waals surface area contributed by atoms with E-state index in [9.17, 15) is 4.79 Å². The van der Waals surface area contributed by atoms with Crippen LogP contribution in [0.15, 0.2) is 30.5 Å². The summed E-state index contributed by atoms with van der Waals surface area (Å²) in [7, 11) is 3.59. The first-order chi connectivity index (χ1) is 8.49. The highest BCUT2D eigenvalue weighted by atomic mass is 16.2. The lowest BCUT2D eigenvalue weighted by Crippen LogP contribution is -2.26. The van der Waals surface area contributed by atoms with Crippen LogP contribution in [0.2, 0.25) is 0 Å². The number of aryl methyl sites for hydroxylation is 3. The highest BCUT2D eigenvalue weighted by Gasteiger charge is 2.17. The zero-order valence-electron chi connectivity index (χ0n) is 11.1. The minimum absolute atomic E-state index is 0.0375. The van der Waals surface area contributed by atoms with Crippen molar-refractivity contribution in [1.29, 1.82) is 0 Å². The summed E-state index contributed by atoms with van der Waals surface area (Å²) in [5.41, 5.74) is 3.45. The molecule has 0 bridgehead atoms. The molecule has 18 heavy (non-hydrogen) atoms. The predicted molar refractivity (Wildman–Crippen MR) is 71.9 cm³/mol. The molecule has 4 nitrogen and oxygen atoms in total. The number of hydrogen-bond donors (Lipinski definition) is 0. The quantitative estimate of drug-likeness (QED) is 0.811. The predicted octanol–water partition coefficient (Wildman–Crippen LogP) is 2.31. The van der Waals surface area contributed by atoms with Gasteiger partial charge in [-0.25, -0.2) is 0 Å². The average Bonchev–Trinajstić information content (AvgIpc) is 2.67. The van der Waals surface area contributed by atoms with E-state index < -0.39 is 0 Å². The Morgan fingerprint density at radius 1 is 1.22 bits per heavy atom. The van der Waals surface area contributed by atoms with Crippen LogP contribution in [0.5, 0.6) is 0 Å². The molecule has 0 radical (unpaired) electrons. The molecule has 0 aliphatic rings. The average molecular weight is 243 g/mol. The van der Waals surface area contributed by atoms with Crippen molar-refractivity contribution in [2.45, 2.75) is 13.8 Å². The van der Waals surface area contributed by atoms with Gasteiger partial charge in [0.05, 0.1) is 11.3 Å². The van der Waals surface area contributed by atoms with Crippen molar-refractivity contribution in [1.82, 2.24) is 9.78 Å². The fourth-order valence-electron chi connectivity index (χ4n) is 1.88. The highest BCUT2D eigenvalue weighted by molar-refractivity contribution is 6.06.